The largest absolute Gasteiger partial charge is 0.444 e. The number of amides is 4. The second-order valence-electron chi connectivity index (χ2n) is 15.9. The molecular weight excluding hydrogens is 735 g/mol. The molecular formula is C44H63N9O5. The Hall–Kier alpha value is -5.47. The molecule has 0 unspecified atom stereocenters. The standard InChI is InChI=1S/C44H63N9O5/c1-7-53(8-2)25-9-24-47-40(54)35-20-23-37(29(3)26-35)32-14-10-30(11-15-32)27-38(42(56)49-36-21-18-33(19-22-36)39(45)51-52-46)50-41(55)34-16-12-31(13-17-34)28-48-43(57)58-44(4,5)6/h10-11,14-15,18-23,26,31,34,38,52H,7-9,12-13,16-17,24-25,27-28,46H2,1-6H3,(H2,45,51)(H,47,54)(H,48,57)(H,49,56)(H,50,55)/t31?,34?,38-/m0/s1. The summed E-state index contributed by atoms with van der Waals surface area (Å²) in [5.41, 5.74) is 13.1. The van der Waals surface area contributed by atoms with Crippen molar-refractivity contribution in [2.75, 3.05) is 38.0 Å². The van der Waals surface area contributed by atoms with Crippen LogP contribution in [0.3, 0.4) is 0 Å². The summed E-state index contributed by atoms with van der Waals surface area (Å²) in [6, 6.07) is 19.6. The van der Waals surface area contributed by atoms with E-state index in [9.17, 15) is 19.2 Å². The fourth-order valence-electron chi connectivity index (χ4n) is 7.09. The minimum Gasteiger partial charge on any atom is -0.444 e. The lowest BCUT2D eigenvalue weighted by atomic mass is 9.81. The van der Waals surface area contributed by atoms with Crippen LogP contribution in [0.5, 0.6) is 0 Å². The second-order valence-corrected chi connectivity index (χ2v) is 15.9. The van der Waals surface area contributed by atoms with E-state index in [0.717, 1.165) is 61.2 Å². The summed E-state index contributed by atoms with van der Waals surface area (Å²) in [4.78, 5) is 54.9. The summed E-state index contributed by atoms with van der Waals surface area (Å²) in [6.07, 6.45) is 3.55. The summed E-state index contributed by atoms with van der Waals surface area (Å²) in [6.45, 7) is 15.8. The van der Waals surface area contributed by atoms with Gasteiger partial charge in [-0.1, -0.05) is 44.2 Å². The van der Waals surface area contributed by atoms with Crippen molar-refractivity contribution in [1.82, 2.24) is 26.4 Å². The third kappa shape index (κ3) is 14.2. The van der Waals surface area contributed by atoms with Crippen LogP contribution in [-0.2, 0) is 20.7 Å². The van der Waals surface area contributed by atoms with Gasteiger partial charge in [-0.15, -0.1) is 5.10 Å². The van der Waals surface area contributed by atoms with Crippen molar-refractivity contribution in [2.45, 2.75) is 91.7 Å². The second kappa shape index (κ2) is 21.9. The molecule has 0 bridgehead atoms. The predicted molar refractivity (Wildman–Crippen MR) is 230 cm³/mol. The zero-order chi connectivity index (χ0) is 42.2. The number of amidine groups is 1. The highest BCUT2D eigenvalue weighted by Crippen LogP contribution is 2.29. The lowest BCUT2D eigenvalue weighted by Crippen LogP contribution is -2.48. The molecule has 4 rings (SSSR count). The lowest BCUT2D eigenvalue weighted by molar-refractivity contribution is -0.130. The molecule has 1 aliphatic carbocycles. The maximum atomic E-state index is 13.8. The van der Waals surface area contributed by atoms with Crippen molar-refractivity contribution >= 4 is 35.3 Å². The minimum atomic E-state index is -0.857. The molecule has 14 nitrogen and oxygen atoms in total. The van der Waals surface area contributed by atoms with Crippen LogP contribution in [0.2, 0.25) is 0 Å². The zero-order valence-electron chi connectivity index (χ0n) is 35.0. The maximum Gasteiger partial charge on any atom is 0.407 e. The van der Waals surface area contributed by atoms with Crippen molar-refractivity contribution < 1.29 is 23.9 Å². The van der Waals surface area contributed by atoms with Gasteiger partial charge in [0.2, 0.25) is 11.8 Å². The normalized spacial score (nSPS) is 16.2. The highest BCUT2D eigenvalue weighted by atomic mass is 16.6. The van der Waals surface area contributed by atoms with Gasteiger partial charge in [0.15, 0.2) is 5.84 Å². The molecule has 0 heterocycles. The summed E-state index contributed by atoms with van der Waals surface area (Å²) in [7, 11) is 0. The average Bonchev–Trinajstić information content (AvgIpc) is 3.20. The molecule has 1 atom stereocenters. The summed E-state index contributed by atoms with van der Waals surface area (Å²) in [5.74, 6) is 4.81. The fourth-order valence-corrected chi connectivity index (χ4v) is 7.09. The highest BCUT2D eigenvalue weighted by Gasteiger charge is 2.30. The number of carbonyl (C=O) groups is 4. The number of aryl methyl sites for hydroxylation is 1. The van der Waals surface area contributed by atoms with E-state index in [-0.39, 0.29) is 41.8 Å². The molecule has 1 fully saturated rings. The summed E-state index contributed by atoms with van der Waals surface area (Å²) >= 11 is 0. The van der Waals surface area contributed by atoms with E-state index >= 15 is 0 Å². The van der Waals surface area contributed by atoms with Crippen LogP contribution in [0.25, 0.3) is 11.1 Å². The Morgan fingerprint density at radius 3 is 2.16 bits per heavy atom. The molecule has 3 aromatic carbocycles. The van der Waals surface area contributed by atoms with Crippen LogP contribution < -0.4 is 38.4 Å². The Balaban J connectivity index is 1.42. The number of carbonyl (C=O) groups excluding carboxylic acids is 4. The molecule has 314 valence electrons. The number of nitrogens with two attached hydrogens (primary N) is 2. The van der Waals surface area contributed by atoms with Crippen LogP contribution in [0.4, 0.5) is 10.5 Å². The van der Waals surface area contributed by atoms with E-state index < -0.39 is 17.7 Å². The predicted octanol–water partition coefficient (Wildman–Crippen LogP) is 5.20. The van der Waals surface area contributed by atoms with Crippen molar-refractivity contribution in [3.05, 3.63) is 89.0 Å². The van der Waals surface area contributed by atoms with Gasteiger partial charge in [-0.3, -0.25) is 14.4 Å². The average molecular weight is 798 g/mol. The first-order valence-corrected chi connectivity index (χ1v) is 20.4. The Morgan fingerprint density at radius 2 is 1.55 bits per heavy atom. The van der Waals surface area contributed by atoms with Gasteiger partial charge < -0.3 is 36.6 Å². The molecule has 14 heteroatoms. The number of rotatable bonds is 18. The highest BCUT2D eigenvalue weighted by molar-refractivity contribution is 6.00. The van der Waals surface area contributed by atoms with Crippen molar-refractivity contribution in [3.63, 3.8) is 0 Å². The third-order valence-corrected chi connectivity index (χ3v) is 10.4. The van der Waals surface area contributed by atoms with Gasteiger partial charge in [-0.25, -0.2) is 16.2 Å². The number of ether oxygens (including phenoxy) is 1. The van der Waals surface area contributed by atoms with Crippen LogP contribution >= 0.6 is 0 Å². The van der Waals surface area contributed by atoms with Gasteiger partial charge in [0.25, 0.3) is 5.91 Å². The molecule has 0 aromatic heterocycles. The van der Waals surface area contributed by atoms with Gasteiger partial charge in [0, 0.05) is 42.2 Å². The Morgan fingerprint density at radius 1 is 0.897 bits per heavy atom. The van der Waals surface area contributed by atoms with Gasteiger partial charge in [-0.05, 0) is 144 Å². The van der Waals surface area contributed by atoms with Gasteiger partial charge in [0.1, 0.15) is 11.6 Å². The molecule has 0 saturated heterocycles. The third-order valence-electron chi connectivity index (χ3n) is 10.4. The van der Waals surface area contributed by atoms with Crippen molar-refractivity contribution in [1.29, 1.82) is 0 Å². The van der Waals surface area contributed by atoms with Crippen LogP contribution in [0.15, 0.2) is 71.8 Å². The van der Waals surface area contributed by atoms with Crippen LogP contribution in [0, 0.1) is 18.8 Å². The number of hydrazine groups is 1. The molecule has 3 aromatic rings. The minimum absolute atomic E-state index is 0.0861. The molecule has 1 aliphatic rings. The van der Waals surface area contributed by atoms with Crippen molar-refractivity contribution in [3.8, 4) is 11.1 Å². The van der Waals surface area contributed by atoms with E-state index in [1.807, 2.05) is 70.2 Å². The number of benzene rings is 3. The molecule has 4 amide bonds. The maximum absolute atomic E-state index is 13.8. The molecule has 0 spiro atoms. The number of alkyl carbamates (subject to hydrolysis) is 1. The van der Waals surface area contributed by atoms with E-state index in [0.29, 0.717) is 42.7 Å². The number of nitrogens with zero attached hydrogens (tertiary/aromatic N) is 2. The first-order valence-electron chi connectivity index (χ1n) is 20.4. The van der Waals surface area contributed by atoms with Gasteiger partial charge in [0.05, 0.1) is 0 Å². The zero-order valence-corrected chi connectivity index (χ0v) is 35.0. The number of hydrogen-bond acceptors (Lipinski definition) is 9. The number of hydrogen-bond donors (Lipinski definition) is 7. The number of hydrazone groups is 1. The number of anilines is 1. The Labute approximate surface area is 343 Å². The fraction of sp³-hybridized carbons (Fsp3) is 0.477. The molecule has 0 radical (unpaired) electrons. The van der Waals surface area contributed by atoms with Gasteiger partial charge in [-0.2, -0.15) is 0 Å². The molecule has 0 aliphatic heterocycles. The topological polar surface area (TPSA) is 205 Å². The van der Waals surface area contributed by atoms with Crippen LogP contribution in [-0.4, -0.2) is 78.9 Å². The molecule has 1 saturated carbocycles. The summed E-state index contributed by atoms with van der Waals surface area (Å²) < 4.78 is 5.36. The monoisotopic (exact) mass is 797 g/mol. The first kappa shape index (κ1) is 45.2. The Bertz CT molecular complexity index is 1850. The molecule has 58 heavy (non-hydrogen) atoms. The van der Waals surface area contributed by atoms with Crippen molar-refractivity contribution in [2.24, 2.45) is 28.5 Å². The SMILES string of the molecule is CCN(CC)CCCNC(=O)c1ccc(-c2ccc(C[C@H](NC(=O)C3CCC(CNC(=O)OC(C)(C)C)CC3)C(=O)Nc3ccc(/C(N)=N/NN)cc3)cc2)c(C)c1. The summed E-state index contributed by atoms with van der Waals surface area (Å²) in [5, 5.41) is 15.7. The lowest BCUT2D eigenvalue weighted by Gasteiger charge is -2.29. The van der Waals surface area contributed by atoms with Crippen LogP contribution in [0.1, 0.15) is 93.8 Å². The Kier molecular flexibility index (Phi) is 17.1. The van der Waals surface area contributed by atoms with E-state index in [4.69, 9.17) is 16.3 Å². The number of nitrogens with one attached hydrogen (secondary N) is 5. The van der Waals surface area contributed by atoms with E-state index in [2.05, 4.69) is 50.7 Å². The smallest absolute Gasteiger partial charge is 0.407 e. The van der Waals surface area contributed by atoms with E-state index in [1.165, 1.54) is 0 Å². The van der Waals surface area contributed by atoms with E-state index in [1.54, 1.807) is 24.3 Å². The van der Waals surface area contributed by atoms with Gasteiger partial charge >= 0.3 is 6.09 Å². The molecule has 9 N–H and O–H groups in total. The quantitative estimate of drug-likeness (QED) is 0.0297. The first-order chi connectivity index (χ1) is 27.7.